The molecule has 0 N–H and O–H groups in total. The van der Waals surface area contributed by atoms with Gasteiger partial charge in [0, 0.05) is 0 Å². The minimum Gasteiger partial charge on any atom is -0.442 e. The minimum atomic E-state index is -0.652. The maximum absolute atomic E-state index is 12.0. The molecule has 0 aromatic rings. The predicted molar refractivity (Wildman–Crippen MR) is 78.4 cm³/mol. The lowest BCUT2D eigenvalue weighted by molar-refractivity contribution is -0.148. The Labute approximate surface area is 125 Å². The zero-order valence-corrected chi connectivity index (χ0v) is 13.3. The maximum atomic E-state index is 12.0. The van der Waals surface area contributed by atoms with Gasteiger partial charge in [-0.15, -0.1) is 0 Å². The summed E-state index contributed by atoms with van der Waals surface area (Å²) in [6.07, 6.45) is 3.59. The Kier molecular flexibility index (Phi) is 5.49. The highest BCUT2D eigenvalue weighted by Crippen LogP contribution is 2.35. The Morgan fingerprint density at radius 1 is 1.45 bits per heavy atom. The third kappa shape index (κ3) is 3.98. The first kappa shape index (κ1) is 15.8. The van der Waals surface area contributed by atoms with Crippen molar-refractivity contribution in [3.8, 4) is 0 Å². The maximum Gasteiger partial charge on any atom is 0.317 e. The number of hydrogen-bond acceptors (Lipinski definition) is 5. The molecule has 1 saturated heterocycles. The molecule has 0 spiro atoms. The Morgan fingerprint density at radius 3 is 2.80 bits per heavy atom. The van der Waals surface area contributed by atoms with E-state index in [9.17, 15) is 9.59 Å². The molecule has 4 nitrogen and oxygen atoms in total. The van der Waals surface area contributed by atoms with Crippen LogP contribution in [0.3, 0.4) is 0 Å². The molecular formula is C15H24O4S. The number of thioether (sulfide) groups is 1. The van der Waals surface area contributed by atoms with Gasteiger partial charge in [0.15, 0.2) is 0 Å². The Bertz CT molecular complexity index is 369. The van der Waals surface area contributed by atoms with E-state index in [4.69, 9.17) is 9.47 Å². The van der Waals surface area contributed by atoms with E-state index < -0.39 is 5.44 Å². The van der Waals surface area contributed by atoms with E-state index in [0.717, 1.165) is 6.42 Å². The standard InChI is InChI=1S/C15H24O4S/c1-9(2)11-5-4-10(3)6-13(11)18-7-12(16)15-19-14(17)8-20-15/h9-11,13,15H,4-8H2,1-3H3/t10-,11?,13-,15?/m1/s1. The van der Waals surface area contributed by atoms with Crippen molar-refractivity contribution in [2.24, 2.45) is 17.8 Å². The number of hydrogen-bond donors (Lipinski definition) is 0. The van der Waals surface area contributed by atoms with Crippen LogP contribution in [0.15, 0.2) is 0 Å². The zero-order valence-electron chi connectivity index (χ0n) is 12.5. The van der Waals surface area contributed by atoms with E-state index in [1.807, 2.05) is 0 Å². The number of ketones is 1. The lowest BCUT2D eigenvalue weighted by Crippen LogP contribution is -2.36. The Balaban J connectivity index is 1.84. The van der Waals surface area contributed by atoms with Gasteiger partial charge in [0.2, 0.25) is 11.2 Å². The minimum absolute atomic E-state index is 0.0611. The summed E-state index contributed by atoms with van der Waals surface area (Å²) in [4.78, 5) is 23.0. The number of esters is 1. The quantitative estimate of drug-likeness (QED) is 0.731. The molecule has 114 valence electrons. The summed E-state index contributed by atoms with van der Waals surface area (Å²) in [5.74, 6) is 1.59. The molecule has 0 bridgehead atoms. The van der Waals surface area contributed by atoms with Gasteiger partial charge in [-0.1, -0.05) is 39.0 Å². The van der Waals surface area contributed by atoms with Crippen LogP contribution >= 0.6 is 11.8 Å². The number of rotatable bonds is 5. The van der Waals surface area contributed by atoms with Crippen molar-refractivity contribution >= 4 is 23.5 Å². The SMILES string of the molecule is CC(C)C1CC[C@@H](C)C[C@H]1OCC(=O)C1OC(=O)CS1. The molecule has 2 unspecified atom stereocenters. The van der Waals surface area contributed by atoms with Gasteiger partial charge in [-0.2, -0.15) is 0 Å². The summed E-state index contributed by atoms with van der Waals surface area (Å²) in [6, 6.07) is 0. The highest BCUT2D eigenvalue weighted by Gasteiger charge is 2.34. The van der Waals surface area contributed by atoms with Gasteiger partial charge in [-0.05, 0) is 30.6 Å². The molecule has 0 amide bonds. The summed E-state index contributed by atoms with van der Waals surface area (Å²) in [6.45, 7) is 6.73. The van der Waals surface area contributed by atoms with Gasteiger partial charge in [0.05, 0.1) is 11.9 Å². The highest BCUT2D eigenvalue weighted by molar-refractivity contribution is 8.01. The van der Waals surface area contributed by atoms with E-state index >= 15 is 0 Å². The average molecular weight is 300 g/mol. The number of carbonyl (C=O) groups is 2. The van der Waals surface area contributed by atoms with E-state index in [1.165, 1.54) is 24.6 Å². The predicted octanol–water partition coefficient (Wildman–Crippen LogP) is 2.65. The lowest BCUT2D eigenvalue weighted by Gasteiger charge is -2.37. The van der Waals surface area contributed by atoms with Crippen LogP contribution in [0.4, 0.5) is 0 Å². The topological polar surface area (TPSA) is 52.6 Å². The summed E-state index contributed by atoms with van der Waals surface area (Å²) >= 11 is 1.25. The van der Waals surface area contributed by atoms with Crippen molar-refractivity contribution in [2.75, 3.05) is 12.4 Å². The summed E-state index contributed by atoms with van der Waals surface area (Å²) in [5.41, 5.74) is -0.652. The largest absolute Gasteiger partial charge is 0.442 e. The van der Waals surface area contributed by atoms with Crippen molar-refractivity contribution < 1.29 is 19.1 Å². The van der Waals surface area contributed by atoms with Gasteiger partial charge in [-0.3, -0.25) is 9.59 Å². The molecule has 0 radical (unpaired) electrons. The second kappa shape index (κ2) is 6.94. The number of cyclic esters (lactones) is 1. The second-order valence-corrected chi connectivity index (χ2v) is 7.32. The Hall–Kier alpha value is -0.550. The summed E-state index contributed by atoms with van der Waals surface area (Å²) in [5, 5.41) is 0. The highest BCUT2D eigenvalue weighted by atomic mass is 32.2. The van der Waals surface area contributed by atoms with Crippen LogP contribution in [0.1, 0.15) is 40.0 Å². The van der Waals surface area contributed by atoms with Gasteiger partial charge >= 0.3 is 5.97 Å². The van der Waals surface area contributed by atoms with Crippen LogP contribution in [0.25, 0.3) is 0 Å². The van der Waals surface area contributed by atoms with E-state index in [0.29, 0.717) is 17.8 Å². The fourth-order valence-electron chi connectivity index (χ4n) is 3.05. The summed E-state index contributed by atoms with van der Waals surface area (Å²) in [7, 11) is 0. The van der Waals surface area contributed by atoms with Crippen molar-refractivity contribution in [3.63, 3.8) is 0 Å². The molecule has 2 rings (SSSR count). The molecule has 1 aliphatic heterocycles. The van der Waals surface area contributed by atoms with Gasteiger partial charge in [-0.25, -0.2) is 0 Å². The summed E-state index contributed by atoms with van der Waals surface area (Å²) < 4.78 is 10.8. The van der Waals surface area contributed by atoms with Crippen LogP contribution in [0.5, 0.6) is 0 Å². The normalized spacial score (nSPS) is 34.3. The molecule has 2 aliphatic rings. The van der Waals surface area contributed by atoms with E-state index in [-0.39, 0.29) is 30.2 Å². The van der Waals surface area contributed by atoms with Crippen molar-refractivity contribution in [1.82, 2.24) is 0 Å². The van der Waals surface area contributed by atoms with Gasteiger partial charge < -0.3 is 9.47 Å². The van der Waals surface area contributed by atoms with Crippen molar-refractivity contribution in [1.29, 1.82) is 0 Å². The molecule has 5 heteroatoms. The molecule has 0 aromatic carbocycles. The van der Waals surface area contributed by atoms with E-state index in [1.54, 1.807) is 0 Å². The van der Waals surface area contributed by atoms with Crippen LogP contribution in [0, 0.1) is 17.8 Å². The van der Waals surface area contributed by atoms with Crippen LogP contribution < -0.4 is 0 Å². The Morgan fingerprint density at radius 2 is 2.20 bits per heavy atom. The average Bonchev–Trinajstić information content (AvgIpc) is 2.82. The van der Waals surface area contributed by atoms with E-state index in [2.05, 4.69) is 20.8 Å². The van der Waals surface area contributed by atoms with Crippen molar-refractivity contribution in [3.05, 3.63) is 0 Å². The van der Waals surface area contributed by atoms with Crippen LogP contribution in [0.2, 0.25) is 0 Å². The first-order valence-electron chi connectivity index (χ1n) is 7.42. The third-order valence-electron chi connectivity index (χ3n) is 4.25. The fraction of sp³-hybridized carbons (Fsp3) is 0.867. The smallest absolute Gasteiger partial charge is 0.317 e. The molecule has 20 heavy (non-hydrogen) atoms. The van der Waals surface area contributed by atoms with Gasteiger partial charge in [0.1, 0.15) is 6.61 Å². The van der Waals surface area contributed by atoms with Gasteiger partial charge in [0.25, 0.3) is 0 Å². The number of ether oxygens (including phenoxy) is 2. The second-order valence-electron chi connectivity index (χ2n) is 6.27. The first-order valence-corrected chi connectivity index (χ1v) is 8.47. The van der Waals surface area contributed by atoms with Crippen LogP contribution in [-0.2, 0) is 19.1 Å². The molecule has 2 fully saturated rings. The molecular weight excluding hydrogens is 276 g/mol. The lowest BCUT2D eigenvalue weighted by atomic mass is 9.75. The van der Waals surface area contributed by atoms with Crippen molar-refractivity contribution in [2.45, 2.75) is 51.6 Å². The first-order chi connectivity index (χ1) is 9.47. The van der Waals surface area contributed by atoms with Crippen LogP contribution in [-0.4, -0.2) is 35.7 Å². The monoisotopic (exact) mass is 300 g/mol. The molecule has 1 saturated carbocycles. The third-order valence-corrected chi connectivity index (χ3v) is 5.32. The number of carbonyl (C=O) groups excluding carboxylic acids is 2. The fourth-order valence-corrected chi connectivity index (χ4v) is 3.84. The number of Topliss-reactive ketones (excluding diaryl/α,β-unsaturated/α-hetero) is 1. The molecule has 1 aliphatic carbocycles. The zero-order chi connectivity index (χ0) is 14.7. The molecule has 4 atom stereocenters. The molecule has 1 heterocycles. The molecule has 0 aromatic heterocycles.